The van der Waals surface area contributed by atoms with Gasteiger partial charge in [-0.25, -0.2) is 0 Å². The SMILES string of the molecule is CC1=C[C+](C(C)(C)C)C=C(C)C1=c1c2ccccc2c(=C=C2c3ccccc3[C-](c3c(C)cc(C(C)(C)C)cc3C)c3cc(Br)ccc32)c2ccccc12. The van der Waals surface area contributed by atoms with Gasteiger partial charge < -0.3 is 0 Å². The highest BCUT2D eigenvalue weighted by atomic mass is 79.9. The molecule has 0 unspecified atom stereocenters. The van der Waals surface area contributed by atoms with E-state index in [0.717, 1.165) is 15.3 Å². The van der Waals surface area contributed by atoms with Gasteiger partial charge in [0.1, 0.15) is 0 Å². The molecule has 54 heavy (non-hydrogen) atoms. The molecular formula is C53H49Br. The minimum atomic E-state index is 0.0728. The summed E-state index contributed by atoms with van der Waals surface area (Å²) in [6.45, 7) is 22.9. The molecule has 6 aromatic rings. The predicted molar refractivity (Wildman–Crippen MR) is 236 cm³/mol. The van der Waals surface area contributed by atoms with E-state index in [0.29, 0.717) is 0 Å². The molecule has 0 radical (unpaired) electrons. The third kappa shape index (κ3) is 5.99. The van der Waals surface area contributed by atoms with Gasteiger partial charge in [0, 0.05) is 29.7 Å². The van der Waals surface area contributed by atoms with Crippen LogP contribution in [-0.4, -0.2) is 0 Å². The third-order valence-electron chi connectivity index (χ3n) is 11.5. The molecule has 268 valence electrons. The molecule has 6 aromatic carbocycles. The van der Waals surface area contributed by atoms with Gasteiger partial charge in [-0.2, -0.15) is 0 Å². The second kappa shape index (κ2) is 13.1. The van der Waals surface area contributed by atoms with Crippen molar-refractivity contribution in [2.75, 3.05) is 0 Å². The zero-order valence-corrected chi connectivity index (χ0v) is 34.9. The Morgan fingerprint density at radius 1 is 0.593 bits per heavy atom. The molecule has 0 bridgehead atoms. The van der Waals surface area contributed by atoms with E-state index in [4.69, 9.17) is 0 Å². The molecule has 0 amide bonds. The summed E-state index contributed by atoms with van der Waals surface area (Å²) in [4.78, 5) is 0. The number of fused-ring (bicyclic) bond motifs is 4. The average Bonchev–Trinajstić information content (AvgIpc) is 3.11. The van der Waals surface area contributed by atoms with Gasteiger partial charge in [0.15, 0.2) is 0 Å². The Bertz CT molecular complexity index is 2660. The lowest BCUT2D eigenvalue weighted by molar-refractivity contribution is 0.472. The fraction of sp³-hybridized carbons (Fsp3) is 0.226. The molecule has 0 saturated heterocycles. The van der Waals surface area contributed by atoms with Crippen LogP contribution in [0.5, 0.6) is 0 Å². The topological polar surface area (TPSA) is 0 Å². The van der Waals surface area contributed by atoms with Gasteiger partial charge in [0.25, 0.3) is 0 Å². The van der Waals surface area contributed by atoms with E-state index >= 15 is 0 Å². The molecule has 0 spiro atoms. The summed E-state index contributed by atoms with van der Waals surface area (Å²) >= 11 is 3.87. The zero-order valence-electron chi connectivity index (χ0n) is 33.3. The van der Waals surface area contributed by atoms with E-state index in [9.17, 15) is 0 Å². The van der Waals surface area contributed by atoms with Crippen molar-refractivity contribution >= 4 is 54.4 Å². The largest absolute Gasteiger partial charge is 0.114 e. The molecule has 0 fully saturated rings. The minimum Gasteiger partial charge on any atom is -0.114 e. The summed E-state index contributed by atoms with van der Waals surface area (Å²) in [5.74, 6) is 2.66. The predicted octanol–water partition coefficient (Wildman–Crippen LogP) is 13.2. The Morgan fingerprint density at radius 3 is 1.67 bits per heavy atom. The van der Waals surface area contributed by atoms with Crippen molar-refractivity contribution in [3.05, 3.63) is 198 Å². The molecule has 2 aliphatic carbocycles. The summed E-state index contributed by atoms with van der Waals surface area (Å²) in [6, 6.07) is 38.5. The summed E-state index contributed by atoms with van der Waals surface area (Å²) in [7, 11) is 0. The highest BCUT2D eigenvalue weighted by Gasteiger charge is 2.33. The number of allylic oxidation sites excluding steroid dienone is 4. The Labute approximate surface area is 330 Å². The molecule has 2 aliphatic rings. The van der Waals surface area contributed by atoms with E-state index in [1.165, 1.54) is 99.8 Å². The zero-order chi connectivity index (χ0) is 38.3. The van der Waals surface area contributed by atoms with Crippen molar-refractivity contribution in [2.24, 2.45) is 5.41 Å². The first-order valence-electron chi connectivity index (χ1n) is 19.2. The fourth-order valence-corrected chi connectivity index (χ4v) is 9.15. The second-order valence-corrected chi connectivity index (χ2v) is 18.3. The Balaban J connectivity index is 1.51. The molecule has 8 rings (SSSR count). The third-order valence-corrected chi connectivity index (χ3v) is 12.0. The molecular weight excluding hydrogens is 716 g/mol. The lowest BCUT2D eigenvalue weighted by atomic mass is 9.70. The highest BCUT2D eigenvalue weighted by Crippen LogP contribution is 2.48. The Hall–Kier alpha value is -4.94. The summed E-state index contributed by atoms with van der Waals surface area (Å²) in [5, 5.41) is 7.38. The van der Waals surface area contributed by atoms with Crippen molar-refractivity contribution in [3.63, 3.8) is 0 Å². The first kappa shape index (κ1) is 36.1. The molecule has 1 heteroatoms. The summed E-state index contributed by atoms with van der Waals surface area (Å²) in [6.07, 6.45) is 4.80. The van der Waals surface area contributed by atoms with Crippen LogP contribution in [0.15, 0.2) is 131 Å². The Morgan fingerprint density at radius 2 is 1.11 bits per heavy atom. The van der Waals surface area contributed by atoms with Crippen molar-refractivity contribution in [1.82, 2.24) is 0 Å². The normalized spacial score (nSPS) is 14.6. The van der Waals surface area contributed by atoms with E-state index in [1.54, 1.807) is 0 Å². The summed E-state index contributed by atoms with van der Waals surface area (Å²) < 4.78 is 1.07. The van der Waals surface area contributed by atoms with Crippen LogP contribution >= 0.6 is 15.9 Å². The number of hydrogen-bond donors (Lipinski definition) is 0. The van der Waals surface area contributed by atoms with Gasteiger partial charge in [-0.15, -0.1) is 5.73 Å². The van der Waals surface area contributed by atoms with Gasteiger partial charge in [-0.3, -0.25) is 0 Å². The van der Waals surface area contributed by atoms with E-state index in [1.807, 2.05) is 0 Å². The van der Waals surface area contributed by atoms with E-state index in [-0.39, 0.29) is 10.8 Å². The van der Waals surface area contributed by atoms with Crippen LogP contribution in [0.25, 0.3) is 38.4 Å². The average molecular weight is 766 g/mol. The van der Waals surface area contributed by atoms with Gasteiger partial charge in [0.2, 0.25) is 0 Å². The van der Waals surface area contributed by atoms with Crippen LogP contribution in [0.3, 0.4) is 0 Å². The molecule has 0 heterocycles. The van der Waals surface area contributed by atoms with Crippen LogP contribution in [0.1, 0.15) is 99.9 Å². The van der Waals surface area contributed by atoms with Crippen molar-refractivity contribution in [2.45, 2.75) is 74.7 Å². The van der Waals surface area contributed by atoms with Crippen molar-refractivity contribution in [1.29, 1.82) is 0 Å². The lowest BCUT2D eigenvalue weighted by Crippen LogP contribution is -2.22. The highest BCUT2D eigenvalue weighted by molar-refractivity contribution is 9.10. The quantitative estimate of drug-likeness (QED) is 0.115. The number of benzene rings is 6. The van der Waals surface area contributed by atoms with Gasteiger partial charge in [-0.1, -0.05) is 204 Å². The van der Waals surface area contributed by atoms with Gasteiger partial charge >= 0.3 is 0 Å². The van der Waals surface area contributed by atoms with Crippen LogP contribution in [0.2, 0.25) is 0 Å². The summed E-state index contributed by atoms with van der Waals surface area (Å²) in [5.41, 5.74) is 19.6. The standard InChI is InChI=1S/C53H49Br/c1-31-25-35(52(5,6)7)26-32(2)48(31)50-42-20-14-11-17-38(42)45(39-18-12-15-21-43(39)50)30-46-40-19-13-16-22-44(40)51(47-29-37(54)23-24-41(46)47)49-33(3)27-36(28-34(49)4)53(8,9)10/h11-29H,1-10H3. The maximum atomic E-state index is 4.15. The van der Waals surface area contributed by atoms with E-state index < -0.39 is 0 Å². The molecule has 0 N–H and O–H groups in total. The van der Waals surface area contributed by atoms with Crippen LogP contribution in [0, 0.1) is 31.1 Å². The van der Waals surface area contributed by atoms with Crippen molar-refractivity contribution < 1.29 is 0 Å². The number of halogens is 1. The molecule has 0 atom stereocenters. The molecule has 0 aromatic heterocycles. The van der Waals surface area contributed by atoms with Crippen LogP contribution in [-0.2, 0) is 5.41 Å². The maximum absolute atomic E-state index is 4.15. The minimum absolute atomic E-state index is 0.0728. The van der Waals surface area contributed by atoms with Crippen LogP contribution in [0.4, 0.5) is 0 Å². The molecule has 0 nitrogen and oxygen atoms in total. The Kier molecular flexibility index (Phi) is 8.76. The smallest absolute Gasteiger partial charge is 0.0976 e. The van der Waals surface area contributed by atoms with Crippen molar-refractivity contribution in [3.8, 4) is 0 Å². The fourth-order valence-electron chi connectivity index (χ4n) is 8.79. The molecule has 0 aliphatic heterocycles. The van der Waals surface area contributed by atoms with E-state index in [2.05, 4.69) is 206 Å². The first-order valence-corrected chi connectivity index (χ1v) is 20.0. The first-order chi connectivity index (χ1) is 25.6. The molecule has 0 saturated carbocycles. The lowest BCUT2D eigenvalue weighted by Gasteiger charge is -2.38. The maximum Gasteiger partial charge on any atom is 0.0976 e. The van der Waals surface area contributed by atoms with Crippen LogP contribution < -0.4 is 10.4 Å². The van der Waals surface area contributed by atoms with Gasteiger partial charge in [0.05, 0.1) is 34.8 Å². The number of hydrogen-bond acceptors (Lipinski definition) is 0. The number of aryl methyl sites for hydroxylation is 2. The second-order valence-electron chi connectivity index (χ2n) is 17.4. The van der Waals surface area contributed by atoms with Gasteiger partial charge in [-0.05, 0) is 57.8 Å². The monoisotopic (exact) mass is 764 g/mol. The number of rotatable bonds is 1.